The number of aryl methyl sites for hydroxylation is 1. The highest BCUT2D eigenvalue weighted by molar-refractivity contribution is 6.02. The number of fused-ring (bicyclic) bond motifs is 3. The number of piperidine rings is 1. The Labute approximate surface area is 258 Å². The molecule has 1 saturated heterocycles. The van der Waals surface area contributed by atoms with Crippen LogP contribution in [0.5, 0.6) is 5.75 Å². The molecule has 0 spiro atoms. The fraction of sp³-hybridized carbons (Fsp3) is 0.394. The maximum atomic E-state index is 16.6. The average Bonchev–Trinajstić information content (AvgIpc) is 3.35. The van der Waals surface area contributed by atoms with Crippen LogP contribution in [0.25, 0.3) is 32.9 Å². The Morgan fingerprint density at radius 1 is 1.18 bits per heavy atom. The second-order valence-corrected chi connectivity index (χ2v) is 12.2. The third-order valence-corrected chi connectivity index (χ3v) is 8.36. The number of hydrogen-bond donors (Lipinski definition) is 0. The van der Waals surface area contributed by atoms with Crippen LogP contribution in [-0.4, -0.2) is 70.9 Å². The molecule has 6 rings (SSSR count). The lowest BCUT2D eigenvalue weighted by Crippen LogP contribution is -2.46. The van der Waals surface area contributed by atoms with Crippen LogP contribution in [-0.2, 0) is 26.1 Å². The molecular formula is C33H32F2N4O6. The van der Waals surface area contributed by atoms with Gasteiger partial charge in [0, 0.05) is 55.1 Å². The van der Waals surface area contributed by atoms with Crippen molar-refractivity contribution in [2.75, 3.05) is 27.6 Å². The number of esters is 1. The van der Waals surface area contributed by atoms with Gasteiger partial charge in [-0.1, -0.05) is 12.0 Å². The largest absolute Gasteiger partial charge is 0.468 e. The number of likely N-dealkylation sites (tertiary alicyclic amines) is 1. The summed E-state index contributed by atoms with van der Waals surface area (Å²) >= 11 is 0. The van der Waals surface area contributed by atoms with Gasteiger partial charge in [-0.05, 0) is 50.3 Å². The van der Waals surface area contributed by atoms with E-state index < -0.39 is 35.3 Å². The van der Waals surface area contributed by atoms with Gasteiger partial charge in [-0.3, -0.25) is 14.6 Å². The predicted octanol–water partition coefficient (Wildman–Crippen LogP) is 5.15. The summed E-state index contributed by atoms with van der Waals surface area (Å²) in [4.78, 5) is 31.7. The maximum absolute atomic E-state index is 16.6. The molecule has 1 aliphatic carbocycles. The van der Waals surface area contributed by atoms with Crippen molar-refractivity contribution in [1.29, 1.82) is 0 Å². The molecule has 45 heavy (non-hydrogen) atoms. The van der Waals surface area contributed by atoms with Crippen molar-refractivity contribution in [2.45, 2.75) is 38.3 Å². The lowest BCUT2D eigenvalue weighted by atomic mass is 9.95. The molecule has 4 unspecified atom stereocenters. The van der Waals surface area contributed by atoms with Crippen LogP contribution in [0.15, 0.2) is 30.5 Å². The number of nitrogens with zero attached hydrogens (tertiary/aromatic N) is 4. The average molecular weight is 619 g/mol. The van der Waals surface area contributed by atoms with E-state index in [2.05, 4.69) is 16.0 Å². The summed E-state index contributed by atoms with van der Waals surface area (Å²) in [5.74, 6) is 0.250. The van der Waals surface area contributed by atoms with E-state index in [1.165, 1.54) is 42.1 Å². The van der Waals surface area contributed by atoms with Crippen molar-refractivity contribution >= 4 is 33.7 Å². The highest BCUT2D eigenvalue weighted by atomic mass is 19.1. The van der Waals surface area contributed by atoms with Crippen LogP contribution >= 0.6 is 0 Å². The SMILES string of the molecule is C#Cc1c(F)ccc2cc(OCOC)cc(-c3ncc4c(C5C6CN(C(=O)OC(C)(C)C)C(C(=O)OC)C65)nn(C)c4c3F)c12. The molecule has 1 saturated carbocycles. The molecular weight excluding hydrogens is 586 g/mol. The first-order valence-corrected chi connectivity index (χ1v) is 14.3. The Bertz CT molecular complexity index is 1910. The Balaban J connectivity index is 1.43. The number of halogens is 2. The lowest BCUT2D eigenvalue weighted by molar-refractivity contribution is -0.146. The van der Waals surface area contributed by atoms with Crippen molar-refractivity contribution < 1.29 is 37.3 Å². The number of carbonyl (C=O) groups is 2. The molecule has 2 aliphatic rings. The monoisotopic (exact) mass is 618 g/mol. The summed E-state index contributed by atoms with van der Waals surface area (Å²) in [6.45, 7) is 5.46. The zero-order valence-electron chi connectivity index (χ0n) is 25.7. The molecule has 10 nitrogen and oxygen atoms in total. The first kappa shape index (κ1) is 30.3. The lowest BCUT2D eigenvalue weighted by Gasteiger charge is -2.29. The van der Waals surface area contributed by atoms with Gasteiger partial charge in [0.1, 0.15) is 34.4 Å². The second kappa shape index (κ2) is 11.0. The molecule has 234 valence electrons. The van der Waals surface area contributed by atoms with Crippen molar-refractivity contribution in [3.63, 3.8) is 0 Å². The van der Waals surface area contributed by atoms with Crippen LogP contribution in [0.2, 0.25) is 0 Å². The van der Waals surface area contributed by atoms with E-state index in [4.69, 9.17) is 25.4 Å². The van der Waals surface area contributed by atoms with Gasteiger partial charge < -0.3 is 18.9 Å². The molecule has 2 aromatic carbocycles. The molecule has 2 aromatic heterocycles. The van der Waals surface area contributed by atoms with Crippen molar-refractivity contribution in [3.8, 4) is 29.4 Å². The van der Waals surface area contributed by atoms with E-state index in [1.54, 1.807) is 40.0 Å². The number of methoxy groups -OCH3 is 2. The van der Waals surface area contributed by atoms with Gasteiger partial charge in [0.05, 0.1) is 18.4 Å². The van der Waals surface area contributed by atoms with E-state index in [9.17, 15) is 14.0 Å². The first-order chi connectivity index (χ1) is 21.4. The highest BCUT2D eigenvalue weighted by Gasteiger charge is 2.67. The van der Waals surface area contributed by atoms with Gasteiger partial charge in [-0.2, -0.15) is 5.10 Å². The zero-order valence-corrected chi connectivity index (χ0v) is 25.7. The number of benzene rings is 2. The molecule has 4 aromatic rings. The molecule has 0 radical (unpaired) electrons. The van der Waals surface area contributed by atoms with Crippen LogP contribution in [0.1, 0.15) is 37.9 Å². The molecule has 1 aliphatic heterocycles. The molecule has 12 heteroatoms. The van der Waals surface area contributed by atoms with E-state index in [0.29, 0.717) is 27.6 Å². The maximum Gasteiger partial charge on any atom is 0.411 e. The number of carbonyl (C=O) groups excluding carboxylic acids is 2. The minimum absolute atomic E-state index is 0.0259. The molecule has 1 amide bonds. The van der Waals surface area contributed by atoms with Gasteiger partial charge in [-0.15, -0.1) is 6.42 Å². The topological polar surface area (TPSA) is 105 Å². The summed E-state index contributed by atoms with van der Waals surface area (Å²) in [5, 5.41) is 5.98. The Kier molecular flexibility index (Phi) is 7.40. The van der Waals surface area contributed by atoms with E-state index in [0.717, 1.165) is 0 Å². The number of hydrogen-bond acceptors (Lipinski definition) is 8. The van der Waals surface area contributed by atoms with Crippen LogP contribution in [0.4, 0.5) is 13.6 Å². The first-order valence-electron chi connectivity index (χ1n) is 14.3. The van der Waals surface area contributed by atoms with Crippen LogP contribution in [0.3, 0.4) is 0 Å². The minimum atomic E-state index is -0.868. The predicted molar refractivity (Wildman–Crippen MR) is 160 cm³/mol. The number of aromatic nitrogens is 3. The van der Waals surface area contributed by atoms with E-state index in [-0.39, 0.29) is 53.4 Å². The summed E-state index contributed by atoms with van der Waals surface area (Å²) in [5.41, 5.74) is 0.156. The minimum Gasteiger partial charge on any atom is -0.468 e. The van der Waals surface area contributed by atoms with Gasteiger partial charge >= 0.3 is 12.1 Å². The van der Waals surface area contributed by atoms with Crippen LogP contribution in [0, 0.1) is 35.8 Å². The van der Waals surface area contributed by atoms with Crippen LogP contribution < -0.4 is 4.74 Å². The third-order valence-electron chi connectivity index (χ3n) is 8.36. The van der Waals surface area contributed by atoms with E-state index in [1.807, 2.05) is 0 Å². The molecule has 0 N–H and O–H groups in total. The summed E-state index contributed by atoms with van der Waals surface area (Å²) in [6.07, 6.45) is 6.61. The molecule has 2 fully saturated rings. The molecule has 0 bridgehead atoms. The standard InChI is InChI=1S/C33H32F2N4O6/c1-8-18-22(34)10-9-16-11-17(44-15-42-6)12-19(23(16)18)28-26(35)29-20(13-36-28)27(37-38(29)5)24-21-14-39(32(41)45-33(2,3)4)30(25(21)24)31(40)43-7/h1,9-13,21,24-25,30H,14-15H2,2-7H3. The number of amides is 1. The normalized spacial score (nSPS) is 20.6. The summed E-state index contributed by atoms with van der Waals surface area (Å²) < 4.78 is 54.1. The Hall–Kier alpha value is -4.76. The molecule has 4 atom stereocenters. The van der Waals surface area contributed by atoms with E-state index >= 15 is 4.39 Å². The Morgan fingerprint density at radius 2 is 1.93 bits per heavy atom. The molecule has 3 heterocycles. The number of ether oxygens (including phenoxy) is 4. The van der Waals surface area contributed by atoms with Gasteiger partial charge in [-0.25, -0.2) is 18.4 Å². The number of terminal acetylenes is 1. The quantitative estimate of drug-likeness (QED) is 0.166. The summed E-state index contributed by atoms with van der Waals surface area (Å²) in [6, 6.07) is 5.14. The van der Waals surface area contributed by atoms with Gasteiger partial charge in [0.15, 0.2) is 12.6 Å². The van der Waals surface area contributed by atoms with Gasteiger partial charge in [0.25, 0.3) is 0 Å². The Morgan fingerprint density at radius 3 is 2.60 bits per heavy atom. The number of pyridine rings is 1. The van der Waals surface area contributed by atoms with Crippen molar-refractivity contribution in [3.05, 3.63) is 53.4 Å². The fourth-order valence-corrected chi connectivity index (χ4v) is 6.55. The smallest absolute Gasteiger partial charge is 0.411 e. The van der Waals surface area contributed by atoms with Crippen molar-refractivity contribution in [1.82, 2.24) is 19.7 Å². The second-order valence-electron chi connectivity index (χ2n) is 12.2. The van der Waals surface area contributed by atoms with Gasteiger partial charge in [0.2, 0.25) is 0 Å². The third kappa shape index (κ3) is 5.01. The van der Waals surface area contributed by atoms with Crippen molar-refractivity contribution in [2.24, 2.45) is 18.9 Å². The highest BCUT2D eigenvalue weighted by Crippen LogP contribution is 2.62. The fourth-order valence-electron chi connectivity index (χ4n) is 6.55. The number of rotatable bonds is 6. The zero-order chi connectivity index (χ0) is 32.4. The summed E-state index contributed by atoms with van der Waals surface area (Å²) in [7, 11) is 4.36.